The molecule has 1 aliphatic rings. The monoisotopic (exact) mass is 326 g/mol. The van der Waals surface area contributed by atoms with Gasteiger partial charge in [0.15, 0.2) is 5.69 Å². The molecule has 5 nitrogen and oxygen atoms in total. The molecule has 1 aromatic heterocycles. The Kier molecular flexibility index (Phi) is 4.71. The van der Waals surface area contributed by atoms with Crippen LogP contribution in [0.3, 0.4) is 0 Å². The molecule has 2 heterocycles. The number of aryl methyl sites for hydroxylation is 1. The fraction of sp³-hybridized carbons (Fsp3) is 0.474. The molecule has 128 valence electrons. The first-order valence-electron chi connectivity index (χ1n) is 8.60. The maximum Gasteiger partial charge on any atom is 0.274 e. The minimum absolute atomic E-state index is 0.0383. The molecule has 3 rings (SSSR count). The van der Waals surface area contributed by atoms with Crippen molar-refractivity contribution < 1.29 is 4.79 Å². The third kappa shape index (κ3) is 3.36. The predicted octanol–water partition coefficient (Wildman–Crippen LogP) is 2.69. The SMILES string of the molecule is Cc1cccc(-n2nc(C(=O)N3CCN(C)CC3)cc2C(C)C)c1. The number of aromatic nitrogens is 2. The molecule has 0 spiro atoms. The molecule has 0 saturated carbocycles. The van der Waals surface area contributed by atoms with Gasteiger partial charge >= 0.3 is 0 Å². The summed E-state index contributed by atoms with van der Waals surface area (Å²) in [4.78, 5) is 17.0. The second-order valence-electron chi connectivity index (χ2n) is 6.96. The van der Waals surface area contributed by atoms with Crippen molar-refractivity contribution in [1.82, 2.24) is 19.6 Å². The zero-order chi connectivity index (χ0) is 17.3. The van der Waals surface area contributed by atoms with Gasteiger partial charge in [-0.2, -0.15) is 5.10 Å². The molecule has 0 radical (unpaired) electrons. The van der Waals surface area contributed by atoms with E-state index in [1.54, 1.807) is 0 Å². The third-order valence-electron chi connectivity index (χ3n) is 4.58. The molecular weight excluding hydrogens is 300 g/mol. The van der Waals surface area contributed by atoms with Crippen molar-refractivity contribution in [2.45, 2.75) is 26.7 Å². The van der Waals surface area contributed by atoms with Crippen molar-refractivity contribution in [3.63, 3.8) is 0 Å². The van der Waals surface area contributed by atoms with E-state index in [0.29, 0.717) is 11.6 Å². The first-order chi connectivity index (χ1) is 11.5. The lowest BCUT2D eigenvalue weighted by atomic mass is 10.1. The Morgan fingerprint density at radius 1 is 1.12 bits per heavy atom. The first-order valence-corrected chi connectivity index (χ1v) is 8.60. The normalized spacial score (nSPS) is 16.0. The lowest BCUT2D eigenvalue weighted by molar-refractivity contribution is 0.0657. The average molecular weight is 326 g/mol. The van der Waals surface area contributed by atoms with Crippen LogP contribution in [-0.4, -0.2) is 58.7 Å². The Bertz CT molecular complexity index is 727. The van der Waals surface area contributed by atoms with E-state index in [-0.39, 0.29) is 5.91 Å². The maximum absolute atomic E-state index is 12.8. The molecule has 1 amide bonds. The highest BCUT2D eigenvalue weighted by atomic mass is 16.2. The Hall–Kier alpha value is -2.14. The Balaban J connectivity index is 1.93. The van der Waals surface area contributed by atoms with Gasteiger partial charge in [-0.3, -0.25) is 4.79 Å². The molecule has 1 aromatic carbocycles. The van der Waals surface area contributed by atoms with Crippen LogP contribution >= 0.6 is 0 Å². The number of nitrogens with zero attached hydrogens (tertiary/aromatic N) is 4. The van der Waals surface area contributed by atoms with Crippen molar-refractivity contribution in [2.24, 2.45) is 0 Å². The van der Waals surface area contributed by atoms with Gasteiger partial charge in [0.25, 0.3) is 5.91 Å². The van der Waals surface area contributed by atoms with Gasteiger partial charge in [-0.1, -0.05) is 26.0 Å². The van der Waals surface area contributed by atoms with E-state index in [4.69, 9.17) is 0 Å². The van der Waals surface area contributed by atoms with Crippen molar-refractivity contribution >= 4 is 5.91 Å². The minimum Gasteiger partial charge on any atom is -0.335 e. The van der Waals surface area contributed by atoms with Crippen molar-refractivity contribution in [1.29, 1.82) is 0 Å². The summed E-state index contributed by atoms with van der Waals surface area (Å²) in [5, 5.41) is 4.65. The summed E-state index contributed by atoms with van der Waals surface area (Å²) < 4.78 is 1.92. The summed E-state index contributed by atoms with van der Waals surface area (Å²) in [6.07, 6.45) is 0. The third-order valence-corrected chi connectivity index (χ3v) is 4.58. The van der Waals surface area contributed by atoms with E-state index in [1.807, 2.05) is 27.8 Å². The summed E-state index contributed by atoms with van der Waals surface area (Å²) in [6, 6.07) is 10.2. The van der Waals surface area contributed by atoms with Gasteiger partial charge in [0.2, 0.25) is 0 Å². The number of hydrogen-bond acceptors (Lipinski definition) is 3. The van der Waals surface area contributed by atoms with Gasteiger partial charge < -0.3 is 9.80 Å². The quantitative estimate of drug-likeness (QED) is 0.871. The summed E-state index contributed by atoms with van der Waals surface area (Å²) in [5.41, 5.74) is 3.81. The number of piperazine rings is 1. The highest BCUT2D eigenvalue weighted by Gasteiger charge is 2.24. The topological polar surface area (TPSA) is 41.4 Å². The average Bonchev–Trinajstić information content (AvgIpc) is 3.00. The standard InChI is InChI=1S/C19H26N4O/c1-14(2)18-13-17(19(24)22-10-8-21(4)9-11-22)20-23(18)16-7-5-6-15(3)12-16/h5-7,12-14H,8-11H2,1-4H3. The smallest absolute Gasteiger partial charge is 0.274 e. The molecule has 0 atom stereocenters. The van der Waals surface area contributed by atoms with Crippen molar-refractivity contribution in [3.05, 3.63) is 47.3 Å². The van der Waals surface area contributed by atoms with Crippen LogP contribution in [-0.2, 0) is 0 Å². The molecule has 1 saturated heterocycles. The van der Waals surface area contributed by atoms with Gasteiger partial charge in [0.1, 0.15) is 0 Å². The van der Waals surface area contributed by atoms with E-state index in [1.165, 1.54) is 5.56 Å². The van der Waals surface area contributed by atoms with Gasteiger partial charge in [-0.05, 0) is 43.7 Å². The van der Waals surface area contributed by atoms with E-state index in [0.717, 1.165) is 37.6 Å². The summed E-state index contributed by atoms with van der Waals surface area (Å²) in [6.45, 7) is 9.70. The molecule has 0 aliphatic carbocycles. The summed E-state index contributed by atoms with van der Waals surface area (Å²) >= 11 is 0. The highest BCUT2D eigenvalue weighted by molar-refractivity contribution is 5.92. The first kappa shape index (κ1) is 16.7. The predicted molar refractivity (Wildman–Crippen MR) is 95.8 cm³/mol. The molecule has 5 heteroatoms. The van der Waals surface area contributed by atoms with Crippen LogP contribution in [0.2, 0.25) is 0 Å². The van der Waals surface area contributed by atoms with E-state index >= 15 is 0 Å². The van der Waals surface area contributed by atoms with Crippen molar-refractivity contribution in [2.75, 3.05) is 33.2 Å². The van der Waals surface area contributed by atoms with Gasteiger partial charge in [0.05, 0.1) is 5.69 Å². The van der Waals surface area contributed by atoms with Crippen LogP contribution < -0.4 is 0 Å². The number of hydrogen-bond donors (Lipinski definition) is 0. The van der Waals surface area contributed by atoms with Crippen LogP contribution in [0.25, 0.3) is 5.69 Å². The van der Waals surface area contributed by atoms with E-state index in [9.17, 15) is 4.79 Å². The maximum atomic E-state index is 12.8. The second kappa shape index (κ2) is 6.77. The molecule has 0 N–H and O–H groups in total. The minimum atomic E-state index is 0.0383. The Morgan fingerprint density at radius 3 is 2.46 bits per heavy atom. The summed E-state index contributed by atoms with van der Waals surface area (Å²) in [7, 11) is 2.09. The molecule has 24 heavy (non-hydrogen) atoms. The lowest BCUT2D eigenvalue weighted by Crippen LogP contribution is -2.47. The van der Waals surface area contributed by atoms with Crippen molar-refractivity contribution in [3.8, 4) is 5.69 Å². The zero-order valence-corrected chi connectivity index (χ0v) is 15.0. The van der Waals surface area contributed by atoms with Crippen LogP contribution in [0.1, 0.15) is 41.5 Å². The lowest BCUT2D eigenvalue weighted by Gasteiger charge is -2.31. The van der Waals surface area contributed by atoms with Gasteiger partial charge in [-0.15, -0.1) is 0 Å². The van der Waals surface area contributed by atoms with Crippen LogP contribution in [0, 0.1) is 6.92 Å². The largest absolute Gasteiger partial charge is 0.335 e. The number of benzene rings is 1. The Labute approximate surface area is 143 Å². The van der Waals surface area contributed by atoms with Crippen LogP contribution in [0.4, 0.5) is 0 Å². The number of carbonyl (C=O) groups excluding carboxylic acids is 1. The molecule has 0 unspecified atom stereocenters. The van der Waals surface area contributed by atoms with E-state index < -0.39 is 0 Å². The number of carbonyl (C=O) groups is 1. The number of amides is 1. The molecule has 0 bridgehead atoms. The number of likely N-dealkylation sites (N-methyl/N-ethyl adjacent to an activating group) is 1. The molecule has 1 aliphatic heterocycles. The number of rotatable bonds is 3. The summed E-state index contributed by atoms with van der Waals surface area (Å²) in [5.74, 6) is 0.337. The van der Waals surface area contributed by atoms with Crippen LogP contribution in [0.15, 0.2) is 30.3 Å². The van der Waals surface area contributed by atoms with Crippen LogP contribution in [0.5, 0.6) is 0 Å². The van der Waals surface area contributed by atoms with Gasteiger partial charge in [0, 0.05) is 31.9 Å². The molecule has 1 fully saturated rings. The molecular formula is C19H26N4O. The Morgan fingerprint density at radius 2 is 1.83 bits per heavy atom. The fourth-order valence-corrected chi connectivity index (χ4v) is 3.05. The fourth-order valence-electron chi connectivity index (χ4n) is 3.05. The van der Waals surface area contributed by atoms with Gasteiger partial charge in [-0.25, -0.2) is 4.68 Å². The molecule has 2 aromatic rings. The van der Waals surface area contributed by atoms with E-state index in [2.05, 4.69) is 50.0 Å². The highest BCUT2D eigenvalue weighted by Crippen LogP contribution is 2.22. The zero-order valence-electron chi connectivity index (χ0n) is 15.0. The second-order valence-corrected chi connectivity index (χ2v) is 6.96.